The van der Waals surface area contributed by atoms with Crippen LogP contribution in [0.25, 0.3) is 0 Å². The van der Waals surface area contributed by atoms with Crippen LogP contribution in [-0.4, -0.2) is 17.2 Å². The average Bonchev–Trinajstić information content (AvgIpc) is 2.69. The molecule has 0 aliphatic carbocycles. The van der Waals surface area contributed by atoms with Gasteiger partial charge < -0.3 is 10.0 Å². The van der Waals surface area contributed by atoms with Gasteiger partial charge in [-0.3, -0.25) is 0 Å². The summed E-state index contributed by atoms with van der Waals surface area (Å²) in [4.78, 5) is 0. The largest absolute Gasteiger partial charge is 0.488 e. The molecule has 144 valence electrons. The van der Waals surface area contributed by atoms with Gasteiger partial charge in [-0.15, -0.1) is 0 Å². The molecular weight excluding hydrogens is 387 g/mol. The minimum atomic E-state index is -1.37. The van der Waals surface area contributed by atoms with Crippen molar-refractivity contribution in [3.63, 3.8) is 0 Å². The first-order valence-electron chi connectivity index (χ1n) is 9.84. The lowest BCUT2D eigenvalue weighted by molar-refractivity contribution is 0.426. The lowest BCUT2D eigenvalue weighted by Gasteiger charge is -2.05. The summed E-state index contributed by atoms with van der Waals surface area (Å²) in [5.74, 6) is 0. The van der Waals surface area contributed by atoms with Crippen molar-refractivity contribution in [3.8, 4) is 0 Å². The maximum Gasteiger partial charge on any atom is 0.488 e. The standard InChI is InChI=1S/C18H22BBrO2.2C2H6/c20-18-13-9-16(10-14-18)6-4-2-1-3-5-15-7-11-17(12-8-15)19(21)22;2*1-2/h7-14,21-22H,1-6H2;2*1-2H3. The lowest BCUT2D eigenvalue weighted by atomic mass is 9.80. The van der Waals surface area contributed by atoms with E-state index in [2.05, 4.69) is 40.2 Å². The van der Waals surface area contributed by atoms with Crippen molar-refractivity contribution in [2.75, 3.05) is 0 Å². The Balaban J connectivity index is 0.00000146. The second-order valence-corrected chi connectivity index (χ2v) is 6.57. The van der Waals surface area contributed by atoms with Gasteiger partial charge in [-0.1, -0.05) is 92.9 Å². The fraction of sp³-hybridized carbons (Fsp3) is 0.455. The zero-order valence-electron chi connectivity index (χ0n) is 16.7. The molecule has 2 aromatic carbocycles. The molecule has 2 N–H and O–H groups in total. The zero-order valence-corrected chi connectivity index (χ0v) is 18.3. The Morgan fingerprint density at radius 3 is 1.42 bits per heavy atom. The van der Waals surface area contributed by atoms with Gasteiger partial charge in [0, 0.05) is 4.47 Å². The van der Waals surface area contributed by atoms with Gasteiger partial charge in [0.05, 0.1) is 0 Å². The molecular formula is C22H34BBrO2. The van der Waals surface area contributed by atoms with Crippen molar-refractivity contribution in [2.24, 2.45) is 0 Å². The third kappa shape index (κ3) is 10.8. The molecule has 0 saturated heterocycles. The van der Waals surface area contributed by atoms with Gasteiger partial charge >= 0.3 is 7.12 Å². The summed E-state index contributed by atoms with van der Waals surface area (Å²) in [6.07, 6.45) is 7.11. The number of aryl methyl sites for hydroxylation is 2. The number of halogens is 1. The number of benzene rings is 2. The molecule has 0 bridgehead atoms. The van der Waals surface area contributed by atoms with Crippen molar-refractivity contribution in [1.29, 1.82) is 0 Å². The van der Waals surface area contributed by atoms with Gasteiger partial charge in [0.15, 0.2) is 0 Å². The molecule has 0 aliphatic heterocycles. The smallest absolute Gasteiger partial charge is 0.423 e. The lowest BCUT2D eigenvalue weighted by Crippen LogP contribution is -2.29. The third-order valence-electron chi connectivity index (χ3n) is 3.87. The molecule has 0 saturated carbocycles. The minimum absolute atomic E-state index is 0.554. The topological polar surface area (TPSA) is 40.5 Å². The third-order valence-corrected chi connectivity index (χ3v) is 4.40. The van der Waals surface area contributed by atoms with Crippen LogP contribution in [0.1, 0.15) is 64.5 Å². The molecule has 0 heterocycles. The molecule has 0 fully saturated rings. The highest BCUT2D eigenvalue weighted by molar-refractivity contribution is 9.10. The quantitative estimate of drug-likeness (QED) is 0.435. The number of hydrogen-bond donors (Lipinski definition) is 2. The molecule has 0 aliphatic rings. The summed E-state index contributed by atoms with van der Waals surface area (Å²) in [5.41, 5.74) is 3.22. The molecule has 2 aromatic rings. The molecule has 0 amide bonds. The van der Waals surface area contributed by atoms with Crippen LogP contribution in [-0.2, 0) is 12.8 Å². The Kier molecular flexibility index (Phi) is 15.4. The maximum atomic E-state index is 9.05. The highest BCUT2D eigenvalue weighted by atomic mass is 79.9. The molecule has 4 heteroatoms. The van der Waals surface area contributed by atoms with Crippen molar-refractivity contribution >= 4 is 28.5 Å². The van der Waals surface area contributed by atoms with Gasteiger partial charge in [-0.2, -0.15) is 0 Å². The molecule has 2 rings (SSSR count). The van der Waals surface area contributed by atoms with E-state index >= 15 is 0 Å². The van der Waals surface area contributed by atoms with Crippen LogP contribution in [0.3, 0.4) is 0 Å². The van der Waals surface area contributed by atoms with Gasteiger partial charge in [0.1, 0.15) is 0 Å². The van der Waals surface area contributed by atoms with Gasteiger partial charge in [0.2, 0.25) is 0 Å². The van der Waals surface area contributed by atoms with Crippen LogP contribution < -0.4 is 5.46 Å². The fourth-order valence-electron chi connectivity index (χ4n) is 2.52. The van der Waals surface area contributed by atoms with E-state index < -0.39 is 7.12 Å². The van der Waals surface area contributed by atoms with E-state index in [4.69, 9.17) is 10.0 Å². The number of unbranched alkanes of at least 4 members (excludes halogenated alkanes) is 3. The predicted octanol–water partition coefficient (Wildman–Crippen LogP) is 5.53. The average molecular weight is 421 g/mol. The van der Waals surface area contributed by atoms with Crippen LogP contribution in [0, 0.1) is 0 Å². The Bertz CT molecular complexity index is 553. The molecule has 0 spiro atoms. The summed E-state index contributed by atoms with van der Waals surface area (Å²) in [7, 11) is -1.37. The number of rotatable bonds is 8. The van der Waals surface area contributed by atoms with Crippen LogP contribution in [0.2, 0.25) is 0 Å². The molecule has 26 heavy (non-hydrogen) atoms. The summed E-state index contributed by atoms with van der Waals surface area (Å²) in [6, 6.07) is 16.1. The van der Waals surface area contributed by atoms with Gasteiger partial charge in [0.25, 0.3) is 0 Å². The Hall–Kier alpha value is -1.10. The first kappa shape index (κ1) is 24.9. The van der Waals surface area contributed by atoms with Crippen molar-refractivity contribution in [2.45, 2.75) is 66.2 Å². The zero-order chi connectivity index (χ0) is 19.8. The predicted molar refractivity (Wildman–Crippen MR) is 119 cm³/mol. The molecule has 0 atom stereocenters. The summed E-state index contributed by atoms with van der Waals surface area (Å²) in [5, 5.41) is 18.1. The van der Waals surface area contributed by atoms with E-state index in [1.54, 1.807) is 12.1 Å². The van der Waals surface area contributed by atoms with E-state index in [0.29, 0.717) is 5.46 Å². The molecule has 0 unspecified atom stereocenters. The van der Waals surface area contributed by atoms with E-state index in [0.717, 1.165) is 17.3 Å². The molecule has 0 aromatic heterocycles. The van der Waals surface area contributed by atoms with Crippen molar-refractivity contribution in [3.05, 3.63) is 64.1 Å². The van der Waals surface area contributed by atoms with E-state index in [9.17, 15) is 0 Å². The van der Waals surface area contributed by atoms with Crippen molar-refractivity contribution < 1.29 is 10.0 Å². The SMILES string of the molecule is CC.CC.OB(O)c1ccc(CCCCCCc2ccc(Br)cc2)cc1. The Labute approximate surface area is 168 Å². The van der Waals surface area contributed by atoms with Gasteiger partial charge in [-0.05, 0) is 54.4 Å². The highest BCUT2D eigenvalue weighted by Gasteiger charge is 2.09. The molecule has 0 radical (unpaired) electrons. The van der Waals surface area contributed by atoms with Crippen LogP contribution in [0.4, 0.5) is 0 Å². The fourth-order valence-corrected chi connectivity index (χ4v) is 2.78. The van der Waals surface area contributed by atoms with E-state index in [1.165, 1.54) is 36.8 Å². The minimum Gasteiger partial charge on any atom is -0.423 e. The monoisotopic (exact) mass is 420 g/mol. The number of hydrogen-bond acceptors (Lipinski definition) is 2. The first-order chi connectivity index (χ1) is 12.6. The summed E-state index contributed by atoms with van der Waals surface area (Å²) in [6.45, 7) is 8.00. The Morgan fingerprint density at radius 1 is 0.654 bits per heavy atom. The van der Waals surface area contributed by atoms with Crippen LogP contribution in [0.15, 0.2) is 53.0 Å². The Morgan fingerprint density at radius 2 is 1.04 bits per heavy atom. The normalized spacial score (nSPS) is 9.50. The molecule has 2 nitrogen and oxygen atoms in total. The van der Waals surface area contributed by atoms with Gasteiger partial charge in [-0.25, -0.2) is 0 Å². The summed E-state index contributed by atoms with van der Waals surface area (Å²) >= 11 is 3.45. The second kappa shape index (κ2) is 16.1. The van der Waals surface area contributed by atoms with Crippen LogP contribution >= 0.6 is 15.9 Å². The second-order valence-electron chi connectivity index (χ2n) is 5.66. The van der Waals surface area contributed by atoms with E-state index in [-0.39, 0.29) is 0 Å². The van der Waals surface area contributed by atoms with E-state index in [1.807, 2.05) is 39.8 Å². The van der Waals surface area contributed by atoms with Crippen LogP contribution in [0.5, 0.6) is 0 Å². The van der Waals surface area contributed by atoms with Crippen molar-refractivity contribution in [1.82, 2.24) is 0 Å². The first-order valence-corrected chi connectivity index (χ1v) is 10.6. The summed E-state index contributed by atoms with van der Waals surface area (Å²) < 4.78 is 1.14. The highest BCUT2D eigenvalue weighted by Crippen LogP contribution is 2.14. The maximum absolute atomic E-state index is 9.05.